The van der Waals surface area contributed by atoms with E-state index in [-0.39, 0.29) is 0 Å². The molecule has 136 valence electrons. The van der Waals surface area contributed by atoms with E-state index < -0.39 is 0 Å². The second-order valence-corrected chi connectivity index (χ2v) is 7.63. The molecule has 2 bridgehead atoms. The van der Waals surface area contributed by atoms with Crippen LogP contribution < -0.4 is 0 Å². The molecule has 4 aliphatic rings. The van der Waals surface area contributed by atoms with Crippen LogP contribution in [0.15, 0.2) is 48.1 Å². The fourth-order valence-corrected chi connectivity index (χ4v) is 4.49. The zero-order valence-electron chi connectivity index (χ0n) is 15.0. The van der Waals surface area contributed by atoms with Crippen molar-refractivity contribution in [2.24, 2.45) is 11.8 Å². The van der Waals surface area contributed by atoms with Crippen molar-refractivity contribution in [3.8, 4) is 0 Å². The molecular weight excluding hydrogens is 312 g/mol. The molecule has 5 atom stereocenters. The lowest BCUT2D eigenvalue weighted by Crippen LogP contribution is -2.34. The molecule has 5 unspecified atom stereocenters. The van der Waals surface area contributed by atoms with E-state index in [0.29, 0.717) is 30.1 Å². The van der Waals surface area contributed by atoms with E-state index in [1.165, 1.54) is 5.57 Å². The highest BCUT2D eigenvalue weighted by Crippen LogP contribution is 2.39. The van der Waals surface area contributed by atoms with Crippen molar-refractivity contribution < 1.29 is 14.2 Å². The summed E-state index contributed by atoms with van der Waals surface area (Å²) in [4.78, 5) is 0. The Balaban J connectivity index is 1.51. The second kappa shape index (κ2) is 8.48. The molecule has 0 aromatic carbocycles. The Labute approximate surface area is 151 Å². The van der Waals surface area contributed by atoms with Gasteiger partial charge in [0.2, 0.25) is 0 Å². The fourth-order valence-electron chi connectivity index (χ4n) is 4.49. The first-order chi connectivity index (χ1) is 12.4. The van der Waals surface area contributed by atoms with Crippen molar-refractivity contribution in [1.82, 2.24) is 0 Å². The van der Waals surface area contributed by atoms with Gasteiger partial charge in [0.25, 0.3) is 0 Å². The Morgan fingerprint density at radius 1 is 0.880 bits per heavy atom. The summed E-state index contributed by atoms with van der Waals surface area (Å²) in [6, 6.07) is 0. The van der Waals surface area contributed by atoms with E-state index in [2.05, 4.69) is 42.5 Å². The van der Waals surface area contributed by atoms with Crippen molar-refractivity contribution in [2.75, 3.05) is 19.8 Å². The maximum absolute atomic E-state index is 6.35. The van der Waals surface area contributed by atoms with Crippen LogP contribution in [-0.4, -0.2) is 38.1 Å². The monoisotopic (exact) mass is 342 g/mol. The van der Waals surface area contributed by atoms with Gasteiger partial charge in [-0.2, -0.15) is 0 Å². The van der Waals surface area contributed by atoms with Crippen LogP contribution in [0.25, 0.3) is 0 Å². The van der Waals surface area contributed by atoms with Crippen molar-refractivity contribution in [1.29, 1.82) is 0 Å². The minimum absolute atomic E-state index is 0.318. The molecule has 1 aliphatic carbocycles. The van der Waals surface area contributed by atoms with Crippen LogP contribution >= 0.6 is 0 Å². The van der Waals surface area contributed by atoms with Gasteiger partial charge in [0.15, 0.2) is 0 Å². The molecule has 3 nitrogen and oxygen atoms in total. The van der Waals surface area contributed by atoms with E-state index in [0.717, 1.165) is 58.3 Å². The number of ether oxygens (including phenoxy) is 3. The summed E-state index contributed by atoms with van der Waals surface area (Å²) in [7, 11) is 0. The molecule has 0 N–H and O–H groups in total. The maximum atomic E-state index is 6.35. The standard InChI is InChI=1S/C22H30O3/c1-2-4-6-10-19-14-20(12-13-23-19)24-15-18-9-7-11-21-22(18)17(16-25-21)8-5-3-1/h3-9,18-22H,1-2,10-16H2. The molecule has 3 heteroatoms. The van der Waals surface area contributed by atoms with E-state index in [4.69, 9.17) is 14.2 Å². The molecule has 2 saturated heterocycles. The van der Waals surface area contributed by atoms with Crippen LogP contribution in [0.3, 0.4) is 0 Å². The predicted octanol–water partition coefficient (Wildman–Crippen LogP) is 4.36. The largest absolute Gasteiger partial charge is 0.378 e. The molecule has 4 rings (SSSR count). The summed E-state index contributed by atoms with van der Waals surface area (Å²) >= 11 is 0. The molecule has 0 aromatic heterocycles. The summed E-state index contributed by atoms with van der Waals surface area (Å²) in [6.07, 6.45) is 23.2. The van der Waals surface area contributed by atoms with Crippen LogP contribution in [0.5, 0.6) is 0 Å². The zero-order valence-corrected chi connectivity index (χ0v) is 15.0. The molecule has 0 aromatic rings. The van der Waals surface area contributed by atoms with Crippen molar-refractivity contribution in [3.05, 3.63) is 48.1 Å². The molecule has 3 aliphatic heterocycles. The van der Waals surface area contributed by atoms with Gasteiger partial charge < -0.3 is 14.2 Å². The Hall–Kier alpha value is -1.16. The molecule has 2 fully saturated rings. The smallest absolute Gasteiger partial charge is 0.0687 e. The van der Waals surface area contributed by atoms with Gasteiger partial charge in [0.1, 0.15) is 0 Å². The van der Waals surface area contributed by atoms with Crippen molar-refractivity contribution >= 4 is 0 Å². The molecular formula is C22H30O3. The van der Waals surface area contributed by atoms with Crippen molar-refractivity contribution in [3.63, 3.8) is 0 Å². The first-order valence-corrected chi connectivity index (χ1v) is 9.92. The van der Waals surface area contributed by atoms with E-state index in [1.54, 1.807) is 0 Å². The molecule has 0 spiro atoms. The van der Waals surface area contributed by atoms with Gasteiger partial charge in [0.05, 0.1) is 31.5 Å². The topological polar surface area (TPSA) is 27.7 Å². The van der Waals surface area contributed by atoms with Crippen LogP contribution in [0, 0.1) is 11.8 Å². The third kappa shape index (κ3) is 4.33. The molecule has 0 radical (unpaired) electrons. The van der Waals surface area contributed by atoms with Crippen molar-refractivity contribution in [2.45, 2.75) is 56.8 Å². The molecule has 0 saturated carbocycles. The number of hydrogen-bond donors (Lipinski definition) is 0. The van der Waals surface area contributed by atoms with Crippen LogP contribution in [0.4, 0.5) is 0 Å². The first kappa shape index (κ1) is 17.3. The average molecular weight is 342 g/mol. The number of hydrogen-bond acceptors (Lipinski definition) is 3. The zero-order chi connectivity index (χ0) is 16.9. The summed E-state index contributed by atoms with van der Waals surface area (Å²) in [5.41, 5.74) is 1.44. The van der Waals surface area contributed by atoms with Crippen LogP contribution in [0.2, 0.25) is 0 Å². The number of rotatable bonds is 0. The molecule has 3 heterocycles. The second-order valence-electron chi connectivity index (χ2n) is 7.63. The Morgan fingerprint density at radius 2 is 1.84 bits per heavy atom. The van der Waals surface area contributed by atoms with Gasteiger partial charge in [-0.1, -0.05) is 42.5 Å². The van der Waals surface area contributed by atoms with Gasteiger partial charge in [0, 0.05) is 24.9 Å². The lowest BCUT2D eigenvalue weighted by molar-refractivity contribution is -0.0799. The summed E-state index contributed by atoms with van der Waals surface area (Å²) in [5, 5.41) is 0. The summed E-state index contributed by atoms with van der Waals surface area (Å²) in [5.74, 6) is 0.924. The number of allylic oxidation sites excluding steroid dienone is 4. The predicted molar refractivity (Wildman–Crippen MR) is 99.4 cm³/mol. The Morgan fingerprint density at radius 3 is 2.84 bits per heavy atom. The average Bonchev–Trinajstić information content (AvgIpc) is 3.06. The maximum Gasteiger partial charge on any atom is 0.0687 e. The van der Waals surface area contributed by atoms with Gasteiger partial charge in [-0.15, -0.1) is 0 Å². The Bertz CT molecular complexity index is 560. The minimum Gasteiger partial charge on any atom is -0.378 e. The highest BCUT2D eigenvalue weighted by molar-refractivity contribution is 5.25. The lowest BCUT2D eigenvalue weighted by Gasteiger charge is -2.33. The molecule has 25 heavy (non-hydrogen) atoms. The van der Waals surface area contributed by atoms with E-state index >= 15 is 0 Å². The highest BCUT2D eigenvalue weighted by atomic mass is 16.5. The quantitative estimate of drug-likeness (QED) is 0.612. The SMILES string of the molecule is C1=CCCC=CCC2CC(CCO2)OCC2C=CCC3OCC(=C1)C23. The first-order valence-electron chi connectivity index (χ1n) is 9.92. The van der Waals surface area contributed by atoms with Gasteiger partial charge in [-0.25, -0.2) is 0 Å². The van der Waals surface area contributed by atoms with E-state index in [9.17, 15) is 0 Å². The van der Waals surface area contributed by atoms with Gasteiger partial charge in [-0.3, -0.25) is 0 Å². The van der Waals surface area contributed by atoms with Crippen LogP contribution in [-0.2, 0) is 14.2 Å². The summed E-state index contributed by atoms with van der Waals surface area (Å²) in [6.45, 7) is 2.40. The minimum atomic E-state index is 0.318. The fraction of sp³-hybridized carbons (Fsp3) is 0.636. The van der Waals surface area contributed by atoms with E-state index in [1.807, 2.05) is 0 Å². The summed E-state index contributed by atoms with van der Waals surface area (Å²) < 4.78 is 18.3. The third-order valence-electron chi connectivity index (χ3n) is 5.86. The molecule has 0 amide bonds. The normalized spacial score (nSPS) is 39.0. The highest BCUT2D eigenvalue weighted by Gasteiger charge is 2.39. The van der Waals surface area contributed by atoms with Gasteiger partial charge >= 0.3 is 0 Å². The lowest BCUT2D eigenvalue weighted by atomic mass is 9.79. The van der Waals surface area contributed by atoms with Crippen LogP contribution in [0.1, 0.15) is 38.5 Å². The Kier molecular flexibility index (Phi) is 5.86. The third-order valence-corrected chi connectivity index (χ3v) is 5.86. The number of fused-ring (bicyclic) bond motifs is 2. The van der Waals surface area contributed by atoms with Gasteiger partial charge in [-0.05, 0) is 37.7 Å².